The second kappa shape index (κ2) is 11.5. The molecule has 12 heteroatoms. The molecule has 4 aromatic rings. The number of hydrogen-bond acceptors (Lipinski definition) is 5. The molecular weight excluding hydrogens is 681 g/mol. The summed E-state index contributed by atoms with van der Waals surface area (Å²) in [5.41, 5.74) is 0.00628. The first kappa shape index (κ1) is 30.4. The van der Waals surface area contributed by atoms with Crippen molar-refractivity contribution >= 4 is 52.9 Å². The predicted molar refractivity (Wildman–Crippen MR) is 162 cm³/mol. The van der Waals surface area contributed by atoms with Crippen molar-refractivity contribution in [1.29, 1.82) is 0 Å². The molecule has 1 amide bonds. The van der Waals surface area contributed by atoms with E-state index < -0.39 is 38.1 Å². The van der Waals surface area contributed by atoms with Gasteiger partial charge in [0, 0.05) is 5.69 Å². The number of alkyl halides is 4. The average Bonchev–Trinajstić information content (AvgIpc) is 3.54. The normalized spacial score (nSPS) is 18.1. The van der Waals surface area contributed by atoms with Crippen molar-refractivity contribution in [1.82, 2.24) is 10.1 Å². The number of benzene rings is 3. The van der Waals surface area contributed by atoms with Gasteiger partial charge in [0.2, 0.25) is 11.7 Å². The summed E-state index contributed by atoms with van der Waals surface area (Å²) in [5.74, 6) is -3.17. The lowest BCUT2D eigenvalue weighted by atomic mass is 10.1. The summed E-state index contributed by atoms with van der Waals surface area (Å²) >= 11 is 2.08. The van der Waals surface area contributed by atoms with Crippen LogP contribution in [0.1, 0.15) is 33.1 Å². The van der Waals surface area contributed by atoms with Crippen molar-refractivity contribution in [3.05, 3.63) is 90.6 Å². The van der Waals surface area contributed by atoms with Crippen LogP contribution >= 0.6 is 22.6 Å². The third-order valence-corrected chi connectivity index (χ3v) is 13.4. The summed E-state index contributed by atoms with van der Waals surface area (Å²) in [6.45, 7) is 6.69. The van der Waals surface area contributed by atoms with E-state index in [4.69, 9.17) is 4.43 Å². The molecule has 1 aliphatic heterocycles. The lowest BCUT2D eigenvalue weighted by Gasteiger charge is -2.44. The number of nitrogens with zero attached hydrogens (tertiary/aromatic N) is 3. The van der Waals surface area contributed by atoms with E-state index in [1.165, 1.54) is 17.0 Å². The average molecular weight is 710 g/mol. The fourth-order valence-corrected chi connectivity index (χ4v) is 11.0. The van der Waals surface area contributed by atoms with Crippen molar-refractivity contribution < 1.29 is 31.3 Å². The van der Waals surface area contributed by atoms with Crippen molar-refractivity contribution in [2.75, 3.05) is 11.5 Å². The highest BCUT2D eigenvalue weighted by Crippen LogP contribution is 2.39. The van der Waals surface area contributed by atoms with Crippen LogP contribution in [0.3, 0.4) is 0 Å². The fraction of sp³-hybridized carbons (Fsp3) is 0.300. The van der Waals surface area contributed by atoms with Gasteiger partial charge in [-0.25, -0.2) is 4.39 Å². The zero-order valence-electron chi connectivity index (χ0n) is 23.0. The zero-order chi connectivity index (χ0) is 30.3. The van der Waals surface area contributed by atoms with E-state index in [1.54, 1.807) is 0 Å². The third kappa shape index (κ3) is 5.63. The molecule has 2 atom stereocenters. The number of carbonyl (C=O) groups excluding carboxylic acids is 1. The maximum atomic E-state index is 15.3. The van der Waals surface area contributed by atoms with Crippen LogP contribution in [0.25, 0.3) is 11.4 Å². The molecule has 42 heavy (non-hydrogen) atoms. The molecule has 0 aliphatic carbocycles. The Morgan fingerprint density at radius 2 is 1.60 bits per heavy atom. The Hall–Kier alpha value is -3.10. The number of carbonyl (C=O) groups is 1. The van der Waals surface area contributed by atoms with Gasteiger partial charge in [-0.05, 0) is 40.0 Å². The minimum Gasteiger partial charge on any atom is -0.405 e. The summed E-state index contributed by atoms with van der Waals surface area (Å²) in [6.07, 6.45) is -4.36. The summed E-state index contributed by atoms with van der Waals surface area (Å²) in [6, 6.07) is 23.7. The Morgan fingerprint density at radius 3 is 2.10 bits per heavy atom. The van der Waals surface area contributed by atoms with Crippen molar-refractivity contribution in [3.63, 3.8) is 0 Å². The second-order valence-electron chi connectivity index (χ2n) is 11.1. The van der Waals surface area contributed by atoms with Gasteiger partial charge in [0.05, 0.1) is 22.1 Å². The number of amides is 1. The van der Waals surface area contributed by atoms with Crippen LogP contribution < -0.4 is 15.3 Å². The van der Waals surface area contributed by atoms with E-state index in [2.05, 4.69) is 82.3 Å². The highest BCUT2D eigenvalue weighted by Gasteiger charge is 2.51. The van der Waals surface area contributed by atoms with E-state index in [9.17, 15) is 18.0 Å². The summed E-state index contributed by atoms with van der Waals surface area (Å²) in [4.78, 5) is 18.2. The quantitative estimate of drug-likeness (QED) is 0.0965. The maximum absolute atomic E-state index is 15.3. The van der Waals surface area contributed by atoms with E-state index in [1.807, 2.05) is 36.4 Å². The van der Waals surface area contributed by atoms with Crippen LogP contribution in [-0.2, 0) is 15.4 Å². The van der Waals surface area contributed by atoms with E-state index >= 15 is 4.39 Å². The molecule has 0 radical (unpaired) electrons. The highest BCUT2D eigenvalue weighted by molar-refractivity contribution is 14.1. The minimum absolute atomic E-state index is 0.197. The van der Waals surface area contributed by atoms with E-state index in [0.29, 0.717) is 6.42 Å². The highest BCUT2D eigenvalue weighted by atomic mass is 127. The maximum Gasteiger partial charge on any atom is 0.471 e. The topological polar surface area (TPSA) is 68.5 Å². The molecular formula is C30H28F4IN3O3Si. The molecule has 0 spiro atoms. The number of aromatic nitrogens is 2. The fourth-order valence-electron chi connectivity index (χ4n) is 5.52. The Morgan fingerprint density at radius 1 is 1.00 bits per heavy atom. The van der Waals surface area contributed by atoms with Crippen LogP contribution in [0.2, 0.25) is 5.04 Å². The first-order chi connectivity index (χ1) is 19.8. The van der Waals surface area contributed by atoms with Crippen molar-refractivity contribution in [3.8, 4) is 11.4 Å². The largest absolute Gasteiger partial charge is 0.471 e. The Labute approximate surface area is 255 Å². The van der Waals surface area contributed by atoms with Gasteiger partial charge < -0.3 is 13.8 Å². The zero-order valence-corrected chi connectivity index (χ0v) is 26.2. The SMILES string of the molecule is CC(C)(C)[Si](OCC1CC(I)C(=O)N1c1ccc(-c2noc(C(F)(F)F)n2)c(F)c1)(c1ccccc1)c1ccccc1. The van der Waals surface area contributed by atoms with Crippen LogP contribution in [0.5, 0.6) is 0 Å². The molecule has 1 aliphatic rings. The Bertz CT molecular complexity index is 1520. The smallest absolute Gasteiger partial charge is 0.405 e. The first-order valence-corrected chi connectivity index (χ1v) is 16.4. The monoisotopic (exact) mass is 709 g/mol. The molecule has 220 valence electrons. The Kier molecular flexibility index (Phi) is 8.33. The standard InChI is InChI=1S/C30H28F4IN3O3Si/c1-29(2,3)42(21-10-6-4-7-11-21,22-12-8-5-9-13-22)40-18-20-17-25(35)27(39)38(20)19-14-15-23(24(31)16-19)26-36-28(41-37-26)30(32,33)34/h4-16,20,25H,17-18H2,1-3H3. The minimum atomic E-state index is -4.85. The lowest BCUT2D eigenvalue weighted by molar-refractivity contribution is -0.159. The van der Waals surface area contributed by atoms with Crippen molar-refractivity contribution in [2.24, 2.45) is 0 Å². The molecule has 5 rings (SSSR count). The molecule has 0 bridgehead atoms. The number of anilines is 1. The molecule has 0 N–H and O–H groups in total. The Balaban J connectivity index is 1.49. The van der Waals surface area contributed by atoms with Crippen LogP contribution in [0.4, 0.5) is 23.2 Å². The van der Waals surface area contributed by atoms with Gasteiger partial charge in [0.15, 0.2) is 0 Å². The summed E-state index contributed by atoms with van der Waals surface area (Å²) in [5, 5.41) is 5.19. The van der Waals surface area contributed by atoms with Gasteiger partial charge in [-0.15, -0.1) is 0 Å². The van der Waals surface area contributed by atoms with Gasteiger partial charge in [-0.3, -0.25) is 4.79 Å². The molecule has 0 saturated carbocycles. The molecule has 6 nitrogen and oxygen atoms in total. The van der Waals surface area contributed by atoms with Gasteiger partial charge in [0.25, 0.3) is 8.32 Å². The molecule has 2 unspecified atom stereocenters. The first-order valence-electron chi connectivity index (χ1n) is 13.3. The number of halogens is 5. The molecule has 3 aromatic carbocycles. The van der Waals surface area contributed by atoms with E-state index in [-0.39, 0.29) is 32.7 Å². The second-order valence-corrected chi connectivity index (χ2v) is 16.9. The van der Waals surface area contributed by atoms with Gasteiger partial charge in [0.1, 0.15) is 5.82 Å². The predicted octanol–water partition coefficient (Wildman–Crippen LogP) is 6.38. The van der Waals surface area contributed by atoms with E-state index in [0.717, 1.165) is 16.4 Å². The van der Waals surface area contributed by atoms with Crippen LogP contribution in [-0.4, -0.2) is 40.9 Å². The van der Waals surface area contributed by atoms with Gasteiger partial charge >= 0.3 is 12.1 Å². The van der Waals surface area contributed by atoms with Gasteiger partial charge in [-0.2, -0.15) is 18.2 Å². The molecule has 1 saturated heterocycles. The van der Waals surface area contributed by atoms with Crippen LogP contribution in [0.15, 0.2) is 83.4 Å². The van der Waals surface area contributed by atoms with Gasteiger partial charge in [-0.1, -0.05) is 109 Å². The summed E-state index contributed by atoms with van der Waals surface area (Å²) < 4.78 is 64.9. The number of hydrogen-bond donors (Lipinski definition) is 0. The molecule has 1 aromatic heterocycles. The third-order valence-electron chi connectivity index (χ3n) is 7.40. The lowest BCUT2D eigenvalue weighted by Crippen LogP contribution is -2.67. The summed E-state index contributed by atoms with van der Waals surface area (Å²) in [7, 11) is -2.90. The molecule has 2 heterocycles. The molecule has 1 fully saturated rings. The number of rotatable bonds is 7. The van der Waals surface area contributed by atoms with Crippen LogP contribution in [0, 0.1) is 5.82 Å². The van der Waals surface area contributed by atoms with Crippen molar-refractivity contribution in [2.45, 2.75) is 48.4 Å².